The summed E-state index contributed by atoms with van der Waals surface area (Å²) in [4.78, 5) is 28.8. The molecule has 0 aliphatic carbocycles. The molecular weight excluding hydrogens is 421 g/mol. The van der Waals surface area contributed by atoms with Crippen molar-refractivity contribution in [3.8, 4) is 0 Å². The van der Waals surface area contributed by atoms with E-state index in [1.807, 2.05) is 0 Å². The van der Waals surface area contributed by atoms with E-state index in [1.165, 1.54) is 12.1 Å². The number of rotatable bonds is 7. The Hall–Kier alpha value is -3.07. The van der Waals surface area contributed by atoms with E-state index < -0.39 is 23.6 Å². The van der Waals surface area contributed by atoms with Crippen molar-refractivity contribution in [3.63, 3.8) is 0 Å². The van der Waals surface area contributed by atoms with Gasteiger partial charge in [-0.25, -0.2) is 13.2 Å². The van der Waals surface area contributed by atoms with E-state index in [-0.39, 0.29) is 30.3 Å². The van der Waals surface area contributed by atoms with Gasteiger partial charge in [-0.2, -0.15) is 0 Å². The van der Waals surface area contributed by atoms with Gasteiger partial charge in [-0.15, -0.1) is 0 Å². The van der Waals surface area contributed by atoms with Crippen molar-refractivity contribution in [3.05, 3.63) is 65.0 Å². The number of anilines is 1. The molecule has 0 bridgehead atoms. The van der Waals surface area contributed by atoms with Crippen LogP contribution in [0.1, 0.15) is 35.3 Å². The molecule has 9 heteroatoms. The minimum absolute atomic E-state index is 0.0251. The lowest BCUT2D eigenvalue weighted by atomic mass is 10.0. The predicted octanol–water partition coefficient (Wildman–Crippen LogP) is 2.85. The quantitative estimate of drug-likeness (QED) is 0.684. The molecule has 1 saturated heterocycles. The number of likely N-dealkylation sites (N-methyl/N-ethyl adjacent to an activating group) is 1. The summed E-state index contributed by atoms with van der Waals surface area (Å²) < 4.78 is 40.6. The third-order valence-electron chi connectivity index (χ3n) is 5.49. The normalized spacial score (nSPS) is 15.3. The second-order valence-electron chi connectivity index (χ2n) is 7.91. The molecule has 2 aromatic rings. The smallest absolute Gasteiger partial charge is 0.254 e. The summed E-state index contributed by atoms with van der Waals surface area (Å²) in [5.41, 5.74) is 1.27. The Morgan fingerprint density at radius 3 is 2.34 bits per heavy atom. The zero-order valence-corrected chi connectivity index (χ0v) is 18.1. The first-order valence-corrected chi connectivity index (χ1v) is 10.5. The maximum Gasteiger partial charge on any atom is 0.254 e. The Bertz CT molecular complexity index is 978. The van der Waals surface area contributed by atoms with Crippen LogP contribution in [0.15, 0.2) is 36.4 Å². The third-order valence-corrected chi connectivity index (χ3v) is 5.49. The van der Waals surface area contributed by atoms with Crippen LogP contribution in [0.25, 0.3) is 0 Å². The fourth-order valence-electron chi connectivity index (χ4n) is 3.66. The minimum atomic E-state index is -0.969. The maximum absolute atomic E-state index is 13.9. The molecule has 0 saturated carbocycles. The average Bonchev–Trinajstić information content (AvgIpc) is 2.74. The van der Waals surface area contributed by atoms with E-state index in [0.717, 1.165) is 44.0 Å². The van der Waals surface area contributed by atoms with Crippen molar-refractivity contribution < 1.29 is 22.8 Å². The molecule has 172 valence electrons. The second-order valence-corrected chi connectivity index (χ2v) is 7.91. The predicted molar refractivity (Wildman–Crippen MR) is 116 cm³/mol. The van der Waals surface area contributed by atoms with Gasteiger partial charge in [0.1, 0.15) is 17.5 Å². The summed E-state index contributed by atoms with van der Waals surface area (Å²) in [7, 11) is 2.05. The van der Waals surface area contributed by atoms with Crippen molar-refractivity contribution in [1.82, 2.24) is 15.5 Å². The Morgan fingerprint density at radius 2 is 1.66 bits per heavy atom. The molecule has 0 aromatic heterocycles. The highest BCUT2D eigenvalue weighted by atomic mass is 19.1. The lowest BCUT2D eigenvalue weighted by Crippen LogP contribution is -2.45. The fourth-order valence-corrected chi connectivity index (χ4v) is 3.66. The van der Waals surface area contributed by atoms with E-state index in [1.54, 1.807) is 13.0 Å². The van der Waals surface area contributed by atoms with Crippen LogP contribution in [0.3, 0.4) is 0 Å². The highest BCUT2D eigenvalue weighted by Crippen LogP contribution is 2.28. The topological polar surface area (TPSA) is 64.7 Å². The number of carbonyl (C=O) groups is 2. The van der Waals surface area contributed by atoms with Crippen LogP contribution >= 0.6 is 0 Å². The van der Waals surface area contributed by atoms with Gasteiger partial charge in [0.05, 0.1) is 11.6 Å². The molecule has 0 radical (unpaired) electrons. The number of nitrogens with zero attached hydrogens (tertiary/aromatic N) is 2. The first kappa shape index (κ1) is 23.6. The number of piperazine rings is 1. The van der Waals surface area contributed by atoms with E-state index in [2.05, 4.69) is 27.5 Å². The van der Waals surface area contributed by atoms with Gasteiger partial charge in [0, 0.05) is 56.5 Å². The standard InChI is InChI=1S/C23H27F3N4O2/c1-15(19-13-16(24)4-6-21(19)30-11-9-29(2)10-12-30)28-22(31)7-8-27-23(32)18-5-3-17(25)14-20(18)26/h3-6,13-15H,7-12H2,1-2H3,(H,27,32)(H,28,31). The van der Waals surface area contributed by atoms with Gasteiger partial charge in [0.25, 0.3) is 5.91 Å². The summed E-state index contributed by atoms with van der Waals surface area (Å²) in [6.07, 6.45) is -0.0436. The number of nitrogens with one attached hydrogen (secondary N) is 2. The Kier molecular flexibility index (Phi) is 7.74. The molecule has 0 spiro atoms. The number of hydrogen-bond acceptors (Lipinski definition) is 4. The van der Waals surface area contributed by atoms with Crippen molar-refractivity contribution >= 4 is 17.5 Å². The van der Waals surface area contributed by atoms with Gasteiger partial charge < -0.3 is 20.4 Å². The van der Waals surface area contributed by atoms with Crippen LogP contribution in [0.2, 0.25) is 0 Å². The minimum Gasteiger partial charge on any atom is -0.369 e. The van der Waals surface area contributed by atoms with Crippen LogP contribution in [0.4, 0.5) is 18.9 Å². The Balaban J connectivity index is 1.56. The molecule has 6 nitrogen and oxygen atoms in total. The largest absolute Gasteiger partial charge is 0.369 e. The number of benzene rings is 2. The van der Waals surface area contributed by atoms with Gasteiger partial charge >= 0.3 is 0 Å². The Morgan fingerprint density at radius 1 is 1.00 bits per heavy atom. The number of halogens is 3. The molecule has 2 aromatic carbocycles. The van der Waals surface area contributed by atoms with Crippen molar-refractivity contribution in [2.75, 3.05) is 44.7 Å². The molecule has 32 heavy (non-hydrogen) atoms. The van der Waals surface area contributed by atoms with E-state index in [4.69, 9.17) is 0 Å². The lowest BCUT2D eigenvalue weighted by Gasteiger charge is -2.36. The van der Waals surface area contributed by atoms with E-state index in [0.29, 0.717) is 11.6 Å². The average molecular weight is 448 g/mol. The zero-order valence-electron chi connectivity index (χ0n) is 18.1. The molecule has 1 atom stereocenters. The first-order valence-electron chi connectivity index (χ1n) is 10.5. The summed E-state index contributed by atoms with van der Waals surface area (Å²) in [5, 5.41) is 5.27. The van der Waals surface area contributed by atoms with Crippen LogP contribution in [-0.2, 0) is 4.79 Å². The molecular formula is C23H27F3N4O2. The molecule has 2 amide bonds. The summed E-state index contributed by atoms with van der Waals surface area (Å²) in [5.74, 6) is -3.20. The van der Waals surface area contributed by atoms with Crippen molar-refractivity contribution in [2.45, 2.75) is 19.4 Å². The van der Waals surface area contributed by atoms with Crippen molar-refractivity contribution in [1.29, 1.82) is 0 Å². The summed E-state index contributed by atoms with van der Waals surface area (Å²) >= 11 is 0. The zero-order chi connectivity index (χ0) is 23.3. The third kappa shape index (κ3) is 6.00. The number of hydrogen-bond donors (Lipinski definition) is 2. The molecule has 1 unspecified atom stereocenters. The van der Waals surface area contributed by atoms with Gasteiger partial charge in [-0.05, 0) is 44.3 Å². The van der Waals surface area contributed by atoms with Gasteiger partial charge in [-0.1, -0.05) is 0 Å². The highest BCUT2D eigenvalue weighted by molar-refractivity contribution is 5.94. The molecule has 1 fully saturated rings. The number of carbonyl (C=O) groups excluding carboxylic acids is 2. The fraction of sp³-hybridized carbons (Fsp3) is 0.391. The molecule has 2 N–H and O–H groups in total. The maximum atomic E-state index is 13.9. The van der Waals surface area contributed by atoms with Gasteiger partial charge in [0.15, 0.2) is 0 Å². The molecule has 1 heterocycles. The van der Waals surface area contributed by atoms with E-state index in [9.17, 15) is 22.8 Å². The lowest BCUT2D eigenvalue weighted by molar-refractivity contribution is -0.121. The molecule has 3 rings (SSSR count). The second kappa shape index (κ2) is 10.5. The van der Waals surface area contributed by atoms with Gasteiger partial charge in [0.2, 0.25) is 5.91 Å². The molecule has 1 aliphatic heterocycles. The van der Waals surface area contributed by atoms with Crippen LogP contribution in [0, 0.1) is 17.5 Å². The Labute approximate surface area is 185 Å². The monoisotopic (exact) mass is 448 g/mol. The van der Waals surface area contributed by atoms with Crippen LogP contribution in [0.5, 0.6) is 0 Å². The van der Waals surface area contributed by atoms with Crippen LogP contribution in [-0.4, -0.2) is 56.5 Å². The van der Waals surface area contributed by atoms with Crippen molar-refractivity contribution in [2.24, 2.45) is 0 Å². The molecule has 1 aliphatic rings. The first-order chi connectivity index (χ1) is 15.2. The summed E-state index contributed by atoms with van der Waals surface area (Å²) in [6, 6.07) is 6.79. The van der Waals surface area contributed by atoms with Crippen LogP contribution < -0.4 is 15.5 Å². The number of amides is 2. The van der Waals surface area contributed by atoms with E-state index >= 15 is 0 Å². The highest BCUT2D eigenvalue weighted by Gasteiger charge is 2.21. The van der Waals surface area contributed by atoms with Gasteiger partial charge in [-0.3, -0.25) is 9.59 Å². The summed E-state index contributed by atoms with van der Waals surface area (Å²) in [6.45, 7) is 5.16. The SMILES string of the molecule is CC(NC(=O)CCNC(=O)c1ccc(F)cc1F)c1cc(F)ccc1N1CCN(C)CC1.